The molecule has 1 aliphatic rings. The molecule has 1 aliphatic heterocycles. The molecule has 1 fully saturated rings. The number of H-pyrrole nitrogens is 1. The van der Waals surface area contributed by atoms with E-state index in [0.717, 1.165) is 22.4 Å². The lowest BCUT2D eigenvalue weighted by Gasteiger charge is -2.45. The Balaban J connectivity index is 1.58. The lowest BCUT2D eigenvalue weighted by molar-refractivity contribution is -0.146. The van der Waals surface area contributed by atoms with Gasteiger partial charge in [-0.05, 0) is 62.6 Å². The van der Waals surface area contributed by atoms with Crippen molar-refractivity contribution in [3.05, 3.63) is 75.7 Å². The van der Waals surface area contributed by atoms with Gasteiger partial charge in [0.1, 0.15) is 5.82 Å². The number of carbonyl (C=O) groups is 2. The van der Waals surface area contributed by atoms with Crippen molar-refractivity contribution >= 4 is 11.9 Å². The standard InChI is InChI=1S/C27H27FN4O3/c1-15-10-16(2)23(11-22(15)24-17(3)30-25(31-24)18(4)35-19(5)33)26(34)32-13-27(28,14-32)21-8-6-20(12-29)7-9-21/h6-11,18H,13-14H2,1-5H3,(H,30,31). The molecular formula is C27H27FN4O3. The number of imidazole rings is 1. The minimum absolute atomic E-state index is 0.0497. The van der Waals surface area contributed by atoms with E-state index in [4.69, 9.17) is 10.00 Å². The Morgan fingerprint density at radius 2 is 1.83 bits per heavy atom. The number of nitrogens with zero attached hydrogens (tertiary/aromatic N) is 3. The van der Waals surface area contributed by atoms with Crippen molar-refractivity contribution in [1.29, 1.82) is 5.26 Å². The Kier molecular flexibility index (Phi) is 6.20. The normalized spacial score (nSPS) is 15.2. The molecule has 2 heterocycles. The summed E-state index contributed by atoms with van der Waals surface area (Å²) in [5, 5.41) is 8.95. The van der Waals surface area contributed by atoms with Crippen LogP contribution in [0.15, 0.2) is 36.4 Å². The number of hydrogen-bond acceptors (Lipinski definition) is 5. The van der Waals surface area contributed by atoms with Gasteiger partial charge in [-0.3, -0.25) is 9.59 Å². The van der Waals surface area contributed by atoms with Gasteiger partial charge < -0.3 is 14.6 Å². The van der Waals surface area contributed by atoms with Crippen LogP contribution in [-0.4, -0.2) is 39.8 Å². The number of amides is 1. The highest BCUT2D eigenvalue weighted by atomic mass is 19.1. The fourth-order valence-electron chi connectivity index (χ4n) is 4.48. The Labute approximate surface area is 203 Å². The maximum atomic E-state index is 15.4. The van der Waals surface area contributed by atoms with E-state index in [9.17, 15) is 9.59 Å². The van der Waals surface area contributed by atoms with E-state index in [1.807, 2.05) is 32.9 Å². The topological polar surface area (TPSA) is 99.1 Å². The number of aromatic amines is 1. The van der Waals surface area contributed by atoms with E-state index in [1.54, 1.807) is 37.3 Å². The molecular weight excluding hydrogens is 447 g/mol. The molecule has 1 N–H and O–H groups in total. The van der Waals surface area contributed by atoms with Gasteiger partial charge in [0.2, 0.25) is 0 Å². The average Bonchev–Trinajstić information content (AvgIpc) is 3.18. The zero-order valence-electron chi connectivity index (χ0n) is 20.4. The number of carbonyl (C=O) groups excluding carboxylic acids is 2. The minimum atomic E-state index is -1.63. The van der Waals surface area contributed by atoms with E-state index in [-0.39, 0.29) is 19.0 Å². The SMILES string of the molecule is CC(=O)OC(C)c1nc(-c2cc(C(=O)N3CC(F)(c4ccc(C#N)cc4)C3)c(C)cc2C)c(C)[nH]1. The average molecular weight is 475 g/mol. The molecule has 3 aromatic rings. The van der Waals surface area contributed by atoms with Crippen LogP contribution in [0.1, 0.15) is 64.1 Å². The van der Waals surface area contributed by atoms with Gasteiger partial charge in [-0.25, -0.2) is 9.37 Å². The first-order valence-electron chi connectivity index (χ1n) is 11.4. The Morgan fingerprint density at radius 1 is 1.17 bits per heavy atom. The van der Waals surface area contributed by atoms with Gasteiger partial charge >= 0.3 is 5.97 Å². The monoisotopic (exact) mass is 474 g/mol. The Hall–Kier alpha value is -3.99. The molecule has 8 heteroatoms. The van der Waals surface area contributed by atoms with Crippen LogP contribution in [0.5, 0.6) is 0 Å². The molecule has 35 heavy (non-hydrogen) atoms. The highest BCUT2D eigenvalue weighted by molar-refractivity contribution is 5.98. The van der Waals surface area contributed by atoms with Crippen LogP contribution in [0.2, 0.25) is 0 Å². The van der Waals surface area contributed by atoms with Crippen molar-refractivity contribution in [2.45, 2.75) is 46.4 Å². The smallest absolute Gasteiger partial charge is 0.303 e. The third-order valence-corrected chi connectivity index (χ3v) is 6.39. The van der Waals surface area contributed by atoms with Gasteiger partial charge in [0.25, 0.3) is 5.91 Å². The number of nitrogens with one attached hydrogen (secondary N) is 1. The molecule has 0 radical (unpaired) electrons. The van der Waals surface area contributed by atoms with Crippen molar-refractivity contribution in [3.8, 4) is 17.3 Å². The number of aromatic nitrogens is 2. The molecule has 1 atom stereocenters. The summed E-state index contributed by atoms with van der Waals surface area (Å²) in [6.45, 7) is 8.66. The molecule has 180 valence electrons. The van der Waals surface area contributed by atoms with Crippen LogP contribution in [0.4, 0.5) is 4.39 Å². The first kappa shape index (κ1) is 24.1. The van der Waals surface area contributed by atoms with E-state index >= 15 is 4.39 Å². The summed E-state index contributed by atoms with van der Waals surface area (Å²) in [4.78, 5) is 33.9. The molecule has 0 bridgehead atoms. The highest BCUT2D eigenvalue weighted by Gasteiger charge is 2.47. The number of esters is 1. The summed E-state index contributed by atoms with van der Waals surface area (Å²) in [6.07, 6.45) is -0.534. The second-order valence-electron chi connectivity index (χ2n) is 9.15. The molecule has 1 aromatic heterocycles. The number of rotatable bonds is 5. The Bertz CT molecular complexity index is 1350. The number of nitriles is 1. The van der Waals surface area contributed by atoms with Crippen LogP contribution >= 0.6 is 0 Å². The zero-order valence-corrected chi connectivity index (χ0v) is 20.4. The molecule has 2 aromatic carbocycles. The van der Waals surface area contributed by atoms with E-state index in [2.05, 4.69) is 9.97 Å². The predicted molar refractivity (Wildman–Crippen MR) is 128 cm³/mol. The number of hydrogen-bond donors (Lipinski definition) is 1. The van der Waals surface area contributed by atoms with Crippen molar-refractivity contribution < 1.29 is 18.7 Å². The Morgan fingerprint density at radius 3 is 2.43 bits per heavy atom. The predicted octanol–water partition coefficient (Wildman–Crippen LogP) is 4.82. The van der Waals surface area contributed by atoms with Gasteiger partial charge in [-0.2, -0.15) is 5.26 Å². The van der Waals surface area contributed by atoms with Crippen molar-refractivity contribution in [1.82, 2.24) is 14.9 Å². The number of likely N-dealkylation sites (tertiary alicyclic amines) is 1. The van der Waals surface area contributed by atoms with Crippen LogP contribution < -0.4 is 0 Å². The fraction of sp³-hybridized carbons (Fsp3) is 0.333. The molecule has 0 spiro atoms. The fourth-order valence-corrected chi connectivity index (χ4v) is 4.48. The third kappa shape index (κ3) is 4.54. The van der Waals surface area contributed by atoms with Crippen molar-refractivity contribution in [2.75, 3.05) is 13.1 Å². The van der Waals surface area contributed by atoms with Gasteiger partial charge in [-0.15, -0.1) is 0 Å². The molecule has 1 amide bonds. The second kappa shape index (κ2) is 8.99. The van der Waals surface area contributed by atoms with Crippen molar-refractivity contribution in [2.24, 2.45) is 0 Å². The zero-order chi connectivity index (χ0) is 25.5. The maximum absolute atomic E-state index is 15.4. The van der Waals surface area contributed by atoms with Crippen LogP contribution in [0.3, 0.4) is 0 Å². The lowest BCUT2D eigenvalue weighted by atomic mass is 9.86. The number of alkyl halides is 1. The lowest BCUT2D eigenvalue weighted by Crippen LogP contribution is -2.58. The molecule has 7 nitrogen and oxygen atoms in total. The first-order valence-corrected chi connectivity index (χ1v) is 11.4. The van der Waals surface area contributed by atoms with Gasteiger partial charge in [0.05, 0.1) is 30.4 Å². The van der Waals surface area contributed by atoms with E-state index < -0.39 is 17.7 Å². The van der Waals surface area contributed by atoms with E-state index in [1.165, 1.54) is 11.8 Å². The number of ether oxygens (including phenoxy) is 1. The molecule has 1 saturated heterocycles. The number of benzene rings is 2. The maximum Gasteiger partial charge on any atom is 0.303 e. The molecule has 1 unspecified atom stereocenters. The third-order valence-electron chi connectivity index (χ3n) is 6.39. The van der Waals surface area contributed by atoms with Crippen LogP contribution in [-0.2, 0) is 15.2 Å². The van der Waals surface area contributed by atoms with Crippen LogP contribution in [0.25, 0.3) is 11.3 Å². The van der Waals surface area contributed by atoms with E-state index in [0.29, 0.717) is 28.2 Å². The molecule has 0 aliphatic carbocycles. The summed E-state index contributed by atoms with van der Waals surface area (Å²) in [7, 11) is 0. The number of aryl methyl sites for hydroxylation is 3. The molecule has 4 rings (SSSR count). The largest absolute Gasteiger partial charge is 0.455 e. The molecule has 0 saturated carbocycles. The van der Waals surface area contributed by atoms with Crippen LogP contribution in [0, 0.1) is 32.1 Å². The summed E-state index contributed by atoms with van der Waals surface area (Å²) >= 11 is 0. The minimum Gasteiger partial charge on any atom is -0.455 e. The summed E-state index contributed by atoms with van der Waals surface area (Å²) in [5.41, 5.74) is 3.77. The second-order valence-corrected chi connectivity index (χ2v) is 9.15. The number of halogens is 1. The summed E-state index contributed by atoms with van der Waals surface area (Å²) in [6, 6.07) is 12.1. The highest BCUT2D eigenvalue weighted by Crippen LogP contribution is 2.38. The van der Waals surface area contributed by atoms with Crippen molar-refractivity contribution in [3.63, 3.8) is 0 Å². The van der Waals surface area contributed by atoms with Gasteiger partial charge in [0.15, 0.2) is 11.8 Å². The van der Waals surface area contributed by atoms with Gasteiger partial charge in [-0.1, -0.05) is 18.2 Å². The summed E-state index contributed by atoms with van der Waals surface area (Å²) in [5.74, 6) is -0.118. The van der Waals surface area contributed by atoms with Gasteiger partial charge in [0, 0.05) is 23.7 Å². The summed E-state index contributed by atoms with van der Waals surface area (Å²) < 4.78 is 20.6. The quantitative estimate of drug-likeness (QED) is 0.535. The first-order chi connectivity index (χ1) is 16.5.